The van der Waals surface area contributed by atoms with Crippen LogP contribution in [0, 0.1) is 17.0 Å². The van der Waals surface area contributed by atoms with Gasteiger partial charge in [0.25, 0.3) is 17.5 Å². The highest BCUT2D eigenvalue weighted by molar-refractivity contribution is 8.00. The summed E-state index contributed by atoms with van der Waals surface area (Å²) in [6.07, 6.45) is 1.44. The zero-order valence-electron chi connectivity index (χ0n) is 22.0. The van der Waals surface area contributed by atoms with Gasteiger partial charge >= 0.3 is 0 Å². The molecule has 0 saturated heterocycles. The number of benzene rings is 4. The lowest BCUT2D eigenvalue weighted by molar-refractivity contribution is -0.384. The number of hydrogen-bond donors (Lipinski definition) is 3. The molecule has 0 aliphatic rings. The van der Waals surface area contributed by atoms with E-state index in [0.29, 0.717) is 16.8 Å². The minimum absolute atomic E-state index is 0.0524. The number of nitrogens with zero attached hydrogens (tertiary/aromatic N) is 1. The van der Waals surface area contributed by atoms with E-state index in [9.17, 15) is 24.5 Å². The van der Waals surface area contributed by atoms with E-state index in [0.717, 1.165) is 16.1 Å². The van der Waals surface area contributed by atoms with Gasteiger partial charge in [0.05, 0.1) is 10.7 Å². The molecule has 0 aromatic heterocycles. The fourth-order valence-corrected chi connectivity index (χ4v) is 4.47. The number of aryl methyl sites for hydroxylation is 1. The molecule has 4 rings (SSSR count). The number of nitro groups is 1. The van der Waals surface area contributed by atoms with Crippen LogP contribution in [-0.2, 0) is 9.59 Å². The number of carbonyl (C=O) groups is 3. The van der Waals surface area contributed by atoms with Gasteiger partial charge in [-0.15, -0.1) is 11.8 Å². The van der Waals surface area contributed by atoms with Crippen molar-refractivity contribution in [3.05, 3.63) is 136 Å². The van der Waals surface area contributed by atoms with Crippen LogP contribution in [0.1, 0.15) is 21.5 Å². The van der Waals surface area contributed by atoms with Crippen molar-refractivity contribution in [3.63, 3.8) is 0 Å². The topological polar surface area (TPSA) is 130 Å². The highest BCUT2D eigenvalue weighted by Crippen LogP contribution is 2.23. The van der Waals surface area contributed by atoms with Crippen molar-refractivity contribution in [2.75, 3.05) is 16.4 Å². The number of rotatable bonds is 10. The number of carbonyl (C=O) groups excluding carboxylic acids is 3. The van der Waals surface area contributed by atoms with E-state index >= 15 is 0 Å². The molecule has 10 heteroatoms. The number of thioether (sulfide) groups is 1. The van der Waals surface area contributed by atoms with Crippen LogP contribution in [0.4, 0.5) is 17.1 Å². The van der Waals surface area contributed by atoms with E-state index in [4.69, 9.17) is 0 Å². The Morgan fingerprint density at radius 3 is 2.27 bits per heavy atom. The first-order valence-corrected chi connectivity index (χ1v) is 13.5. The van der Waals surface area contributed by atoms with Crippen molar-refractivity contribution >= 4 is 52.6 Å². The number of nitrogens with one attached hydrogen (secondary N) is 3. The van der Waals surface area contributed by atoms with E-state index in [1.807, 2.05) is 37.3 Å². The molecule has 41 heavy (non-hydrogen) atoms. The summed E-state index contributed by atoms with van der Waals surface area (Å²) >= 11 is 1.31. The van der Waals surface area contributed by atoms with Gasteiger partial charge in [-0.1, -0.05) is 42.5 Å². The van der Waals surface area contributed by atoms with Crippen LogP contribution < -0.4 is 16.0 Å². The molecule has 0 aliphatic heterocycles. The van der Waals surface area contributed by atoms with Crippen molar-refractivity contribution in [2.24, 2.45) is 0 Å². The largest absolute Gasteiger partial charge is 0.325 e. The summed E-state index contributed by atoms with van der Waals surface area (Å²) in [5, 5.41) is 19.3. The molecule has 3 amide bonds. The molecule has 0 aliphatic carbocycles. The lowest BCUT2D eigenvalue weighted by atomic mass is 10.1. The molecular formula is C31H26N4O5S. The first kappa shape index (κ1) is 28.8. The average Bonchev–Trinajstić information content (AvgIpc) is 2.98. The monoisotopic (exact) mass is 566 g/mol. The highest BCUT2D eigenvalue weighted by atomic mass is 32.2. The minimum atomic E-state index is -0.591. The third-order valence-electron chi connectivity index (χ3n) is 5.82. The summed E-state index contributed by atoms with van der Waals surface area (Å²) < 4.78 is 0. The summed E-state index contributed by atoms with van der Waals surface area (Å²) in [6, 6.07) is 28.5. The highest BCUT2D eigenvalue weighted by Gasteiger charge is 2.16. The van der Waals surface area contributed by atoms with Gasteiger partial charge in [-0.25, -0.2) is 0 Å². The Balaban J connectivity index is 1.47. The molecule has 4 aromatic rings. The summed E-state index contributed by atoms with van der Waals surface area (Å²) in [5.74, 6) is -1.06. The predicted molar refractivity (Wildman–Crippen MR) is 161 cm³/mol. The average molecular weight is 567 g/mol. The maximum atomic E-state index is 13.3. The van der Waals surface area contributed by atoms with Crippen LogP contribution in [0.5, 0.6) is 0 Å². The van der Waals surface area contributed by atoms with Crippen LogP contribution in [0.15, 0.2) is 114 Å². The first-order chi connectivity index (χ1) is 19.8. The van der Waals surface area contributed by atoms with E-state index in [1.54, 1.807) is 48.5 Å². The van der Waals surface area contributed by atoms with Crippen LogP contribution in [-0.4, -0.2) is 28.4 Å². The van der Waals surface area contributed by atoms with Gasteiger partial charge in [-0.05, 0) is 72.7 Å². The van der Waals surface area contributed by atoms with E-state index in [2.05, 4.69) is 16.0 Å². The summed E-state index contributed by atoms with van der Waals surface area (Å²) in [5.41, 5.74) is 2.88. The number of nitro benzene ring substituents is 1. The van der Waals surface area contributed by atoms with Gasteiger partial charge < -0.3 is 16.0 Å². The molecular weight excluding hydrogens is 540 g/mol. The van der Waals surface area contributed by atoms with Crippen LogP contribution >= 0.6 is 11.8 Å². The smallest absolute Gasteiger partial charge is 0.272 e. The number of anilines is 2. The molecule has 0 fully saturated rings. The second-order valence-corrected chi connectivity index (χ2v) is 9.91. The molecule has 0 radical (unpaired) electrons. The van der Waals surface area contributed by atoms with Crippen LogP contribution in [0.3, 0.4) is 0 Å². The number of para-hydroxylation sites is 1. The van der Waals surface area contributed by atoms with Gasteiger partial charge in [0.15, 0.2) is 0 Å². The van der Waals surface area contributed by atoms with Crippen LogP contribution in [0.2, 0.25) is 0 Å². The fraction of sp³-hybridized carbons (Fsp3) is 0.0645. The van der Waals surface area contributed by atoms with Gasteiger partial charge in [-0.2, -0.15) is 0 Å². The van der Waals surface area contributed by atoms with Gasteiger partial charge in [0, 0.05) is 34.0 Å². The molecule has 9 nitrogen and oxygen atoms in total. The van der Waals surface area contributed by atoms with E-state index in [1.165, 1.54) is 42.1 Å². The minimum Gasteiger partial charge on any atom is -0.325 e. The van der Waals surface area contributed by atoms with E-state index < -0.39 is 16.7 Å². The van der Waals surface area contributed by atoms with Crippen molar-refractivity contribution in [3.8, 4) is 0 Å². The van der Waals surface area contributed by atoms with Gasteiger partial charge in [0.2, 0.25) is 5.91 Å². The lowest BCUT2D eigenvalue weighted by Crippen LogP contribution is -2.30. The Labute approximate surface area is 240 Å². The zero-order chi connectivity index (χ0) is 29.2. The number of amides is 3. The SMILES string of the molecule is Cc1ccccc1NC(=O)CSc1cccc(NC(=O)/C(=C\c2ccc([N+](=O)[O-])cc2)NC(=O)c2ccccc2)c1. The molecule has 0 spiro atoms. The molecule has 3 N–H and O–H groups in total. The third kappa shape index (κ3) is 8.38. The first-order valence-electron chi connectivity index (χ1n) is 12.5. The fourth-order valence-electron chi connectivity index (χ4n) is 3.71. The lowest BCUT2D eigenvalue weighted by Gasteiger charge is -2.12. The normalized spacial score (nSPS) is 10.9. The molecule has 4 aromatic carbocycles. The Hall–Kier alpha value is -5.22. The molecule has 206 valence electrons. The number of non-ortho nitro benzene ring substituents is 1. The Bertz CT molecular complexity index is 1600. The summed E-state index contributed by atoms with van der Waals surface area (Å²) in [4.78, 5) is 49.8. The molecule has 0 unspecified atom stereocenters. The second-order valence-electron chi connectivity index (χ2n) is 8.86. The van der Waals surface area contributed by atoms with E-state index in [-0.39, 0.29) is 23.0 Å². The molecule has 0 saturated carbocycles. The predicted octanol–water partition coefficient (Wildman–Crippen LogP) is 6.04. The Morgan fingerprint density at radius 1 is 0.854 bits per heavy atom. The van der Waals surface area contributed by atoms with Crippen molar-refractivity contribution in [2.45, 2.75) is 11.8 Å². The molecule has 0 heterocycles. The van der Waals surface area contributed by atoms with Crippen molar-refractivity contribution in [1.29, 1.82) is 0 Å². The maximum absolute atomic E-state index is 13.3. The summed E-state index contributed by atoms with van der Waals surface area (Å²) in [7, 11) is 0. The standard InChI is InChI=1S/C31H26N4O5S/c1-21-8-5-6-13-27(21)33-29(36)20-41-26-12-7-11-24(19-26)32-31(38)28(34-30(37)23-9-3-2-4-10-23)18-22-14-16-25(17-15-22)35(39)40/h2-19H,20H2,1H3,(H,32,38)(H,33,36)(H,34,37)/b28-18+. The quantitative estimate of drug-likeness (QED) is 0.0928. The van der Waals surface area contributed by atoms with Gasteiger partial charge in [-0.3, -0.25) is 24.5 Å². The molecule has 0 bridgehead atoms. The van der Waals surface area contributed by atoms with Gasteiger partial charge in [0.1, 0.15) is 5.70 Å². The van der Waals surface area contributed by atoms with Crippen LogP contribution in [0.25, 0.3) is 6.08 Å². The second kappa shape index (κ2) is 13.7. The third-order valence-corrected chi connectivity index (χ3v) is 6.82. The Kier molecular flexibility index (Phi) is 9.63. The number of hydrogen-bond acceptors (Lipinski definition) is 6. The zero-order valence-corrected chi connectivity index (χ0v) is 22.8. The maximum Gasteiger partial charge on any atom is 0.272 e. The Morgan fingerprint density at radius 2 is 1.56 bits per heavy atom. The molecule has 0 atom stereocenters. The van der Waals surface area contributed by atoms with Crippen molar-refractivity contribution < 1.29 is 19.3 Å². The summed E-state index contributed by atoms with van der Waals surface area (Å²) in [6.45, 7) is 1.92. The van der Waals surface area contributed by atoms with Crippen molar-refractivity contribution in [1.82, 2.24) is 5.32 Å².